The van der Waals surface area contributed by atoms with E-state index in [0.29, 0.717) is 32.2 Å². The number of fused-ring (bicyclic) bond motifs is 4. The minimum atomic E-state index is -1.02. The summed E-state index contributed by atoms with van der Waals surface area (Å²) in [6.07, 6.45) is 22.9. The lowest BCUT2D eigenvalue weighted by atomic mass is 10.1. The average Bonchev–Trinajstić information content (AvgIpc) is 3.71. The van der Waals surface area contributed by atoms with Gasteiger partial charge < -0.3 is 35.7 Å². The Balaban J connectivity index is 0.000000225. The van der Waals surface area contributed by atoms with Gasteiger partial charge in [0.1, 0.15) is 28.8 Å². The third-order valence-corrected chi connectivity index (χ3v) is 10.2. The Morgan fingerprint density at radius 1 is 0.930 bits per heavy atom. The van der Waals surface area contributed by atoms with Crippen LogP contribution in [0.3, 0.4) is 0 Å². The Morgan fingerprint density at radius 3 is 2.39 bits per heavy atom. The van der Waals surface area contributed by atoms with Crippen LogP contribution in [0.2, 0.25) is 5.02 Å². The first-order chi connectivity index (χ1) is 27.0. The SMILES string of the molecule is Cl.N[C@H]1CC=CCCC1.O=C(NCc1ccc(F)c(Cl)c1F)c1cn2c(c(O)c1=O)C(=O)N1CC=CC[C@H]2C1.O=C(N[C@H]1CC=CCCC1)OCc1ccccc1. The molecule has 2 bridgehead atoms. The first-order valence-corrected chi connectivity index (χ1v) is 19.3. The second-order valence-electron chi connectivity index (χ2n) is 14.0. The molecule has 11 nitrogen and oxygen atoms in total. The summed E-state index contributed by atoms with van der Waals surface area (Å²) in [6.45, 7) is 0.721. The maximum Gasteiger partial charge on any atom is 0.407 e. The van der Waals surface area contributed by atoms with E-state index in [0.717, 1.165) is 49.8 Å². The van der Waals surface area contributed by atoms with Crippen molar-refractivity contribution >= 4 is 41.9 Å². The number of carbonyl (C=O) groups excluding carboxylic acids is 3. The van der Waals surface area contributed by atoms with Gasteiger partial charge in [0, 0.05) is 43.5 Å². The Morgan fingerprint density at radius 2 is 1.63 bits per heavy atom. The third-order valence-electron chi connectivity index (χ3n) is 9.82. The van der Waals surface area contributed by atoms with E-state index in [1.807, 2.05) is 42.5 Å². The summed E-state index contributed by atoms with van der Waals surface area (Å²) in [5, 5.41) is 15.0. The molecule has 0 fully saturated rings. The smallest absolute Gasteiger partial charge is 0.407 e. The normalized spacial score (nSPS) is 19.4. The van der Waals surface area contributed by atoms with Crippen LogP contribution in [0.4, 0.5) is 13.6 Å². The van der Waals surface area contributed by atoms with Crippen LogP contribution in [0.5, 0.6) is 5.75 Å². The topological polar surface area (TPSA) is 156 Å². The quantitative estimate of drug-likeness (QED) is 0.147. The number of allylic oxidation sites excluding steroid dienone is 3. The van der Waals surface area contributed by atoms with Gasteiger partial charge >= 0.3 is 6.09 Å². The Bertz CT molecular complexity index is 2010. The summed E-state index contributed by atoms with van der Waals surface area (Å²) in [5.74, 6) is -4.12. The van der Waals surface area contributed by atoms with Gasteiger partial charge in [0.15, 0.2) is 11.4 Å². The number of alkyl carbamates (subject to hydrolysis) is 1. The molecule has 15 heteroatoms. The third kappa shape index (κ3) is 12.5. The van der Waals surface area contributed by atoms with Gasteiger partial charge in [-0.1, -0.05) is 84.5 Å². The zero-order valence-electron chi connectivity index (χ0n) is 31.5. The molecule has 4 aliphatic rings. The summed E-state index contributed by atoms with van der Waals surface area (Å²) in [6, 6.07) is 12.2. The number of pyridine rings is 1. The highest BCUT2D eigenvalue weighted by Crippen LogP contribution is 2.30. The van der Waals surface area contributed by atoms with E-state index in [9.17, 15) is 33.1 Å². The number of rotatable bonds is 6. The van der Waals surface area contributed by atoms with E-state index in [4.69, 9.17) is 22.1 Å². The summed E-state index contributed by atoms with van der Waals surface area (Å²) in [5.41, 5.74) is 5.07. The average molecular weight is 829 g/mol. The molecule has 3 heterocycles. The van der Waals surface area contributed by atoms with Crippen molar-refractivity contribution < 1.29 is 33.0 Å². The fourth-order valence-electron chi connectivity index (χ4n) is 6.68. The van der Waals surface area contributed by atoms with Crippen molar-refractivity contribution in [3.63, 3.8) is 0 Å². The van der Waals surface area contributed by atoms with Gasteiger partial charge in [0.25, 0.3) is 11.8 Å². The molecule has 2 aliphatic heterocycles. The van der Waals surface area contributed by atoms with Crippen molar-refractivity contribution in [2.75, 3.05) is 13.1 Å². The molecule has 1 aromatic heterocycles. The van der Waals surface area contributed by atoms with Gasteiger partial charge in [0.05, 0.1) is 6.04 Å². The summed E-state index contributed by atoms with van der Waals surface area (Å²) < 4.78 is 33.9. The molecule has 2 aromatic carbocycles. The van der Waals surface area contributed by atoms with Gasteiger partial charge in [-0.3, -0.25) is 14.4 Å². The molecule has 0 unspecified atom stereocenters. The number of nitrogens with two attached hydrogens (primary N) is 1. The second-order valence-corrected chi connectivity index (χ2v) is 14.4. The van der Waals surface area contributed by atoms with Crippen LogP contribution < -0.4 is 21.8 Å². The van der Waals surface area contributed by atoms with Crippen LogP contribution >= 0.6 is 24.0 Å². The molecule has 0 radical (unpaired) electrons. The second kappa shape index (κ2) is 22.1. The van der Waals surface area contributed by atoms with Crippen LogP contribution in [0.1, 0.15) is 95.8 Å². The van der Waals surface area contributed by atoms with E-state index in [1.165, 1.54) is 34.9 Å². The molecule has 3 amide bonds. The molecule has 0 saturated carbocycles. The van der Waals surface area contributed by atoms with Gasteiger partial charge in [-0.15, -0.1) is 12.4 Å². The molecule has 7 rings (SSSR count). The maximum atomic E-state index is 14.0. The van der Waals surface area contributed by atoms with Gasteiger partial charge in [-0.05, 0) is 69.4 Å². The largest absolute Gasteiger partial charge is 0.503 e. The maximum absolute atomic E-state index is 14.0. The van der Waals surface area contributed by atoms with Crippen molar-refractivity contribution in [1.29, 1.82) is 0 Å². The van der Waals surface area contributed by atoms with E-state index in [1.54, 1.807) is 0 Å². The molecule has 306 valence electrons. The Kier molecular flexibility index (Phi) is 17.3. The number of aromatic hydroxyl groups is 1. The van der Waals surface area contributed by atoms with E-state index < -0.39 is 39.6 Å². The highest BCUT2D eigenvalue weighted by molar-refractivity contribution is 6.31. The summed E-state index contributed by atoms with van der Waals surface area (Å²) in [4.78, 5) is 50.9. The molecule has 57 heavy (non-hydrogen) atoms. The van der Waals surface area contributed by atoms with Crippen LogP contribution in [-0.2, 0) is 17.9 Å². The number of amides is 3. The standard InChI is InChI=1S/C20H16ClF2N3O4.C15H19NO2.C7H13N.ClH/c21-14-13(22)5-4-10(15(14)23)7-24-19(29)12-9-26-11-3-1-2-6-25(8-11)20(30)16(26)18(28)17(12)27;17-15(16-14-10-6-1-2-7-11-14)18-12-13-8-4-3-5-9-13;8-7-5-3-1-2-4-6-7;/h1-2,4-5,9,11,28H,3,6-8H2,(H,24,29);1,3-6,8-9,14H,2,7,10-12H2,(H,16,17);1,3,7H,2,4-6,8H2;1H/t11-;14-;7-;/m000./s1. The number of halogens is 4. The number of ether oxygens (including phenoxy) is 1. The van der Waals surface area contributed by atoms with Crippen LogP contribution in [0.25, 0.3) is 0 Å². The molecule has 0 saturated heterocycles. The highest BCUT2D eigenvalue weighted by atomic mass is 35.5. The number of aromatic nitrogens is 1. The molecule has 0 spiro atoms. The first-order valence-electron chi connectivity index (χ1n) is 18.9. The summed E-state index contributed by atoms with van der Waals surface area (Å²) >= 11 is 5.53. The molecule has 2 aliphatic carbocycles. The monoisotopic (exact) mass is 827 g/mol. The van der Waals surface area contributed by atoms with E-state index in [-0.39, 0.29) is 53.9 Å². The fourth-order valence-corrected chi connectivity index (χ4v) is 6.86. The number of nitrogens with one attached hydrogen (secondary N) is 2. The van der Waals surface area contributed by atoms with Gasteiger partial charge in [-0.2, -0.15) is 0 Å². The van der Waals surface area contributed by atoms with Crippen molar-refractivity contribution in [2.45, 2.75) is 89.1 Å². The number of hydrogen-bond acceptors (Lipinski definition) is 7. The molecule has 5 N–H and O–H groups in total. The van der Waals surface area contributed by atoms with E-state index >= 15 is 0 Å². The molecular weight excluding hydrogens is 779 g/mol. The molecular formula is C42H49Cl2F2N5O6. The zero-order chi connectivity index (χ0) is 40.0. The lowest BCUT2D eigenvalue weighted by Gasteiger charge is -2.34. The number of hydrogen-bond donors (Lipinski definition) is 4. The van der Waals surface area contributed by atoms with Crippen molar-refractivity contribution in [3.05, 3.63) is 134 Å². The van der Waals surface area contributed by atoms with Crippen LogP contribution in [0, 0.1) is 11.6 Å². The zero-order valence-corrected chi connectivity index (χ0v) is 33.1. The number of benzene rings is 2. The van der Waals surface area contributed by atoms with Gasteiger partial charge in [-0.25, -0.2) is 13.6 Å². The fraction of sp³-hybridized carbons (Fsp3) is 0.381. The lowest BCUT2D eigenvalue weighted by Crippen LogP contribution is -2.44. The van der Waals surface area contributed by atoms with Crippen molar-refractivity contribution in [3.8, 4) is 5.75 Å². The molecule has 3 aromatic rings. The first kappa shape index (κ1) is 44.7. The molecule has 3 atom stereocenters. The van der Waals surface area contributed by atoms with Crippen LogP contribution in [-0.4, -0.2) is 57.7 Å². The Hall–Kier alpha value is -4.98. The van der Waals surface area contributed by atoms with E-state index in [2.05, 4.69) is 34.9 Å². The van der Waals surface area contributed by atoms with Crippen molar-refractivity contribution in [1.82, 2.24) is 20.1 Å². The predicted octanol–water partition coefficient (Wildman–Crippen LogP) is 7.65. The minimum Gasteiger partial charge on any atom is -0.503 e. The van der Waals surface area contributed by atoms with Crippen molar-refractivity contribution in [2.24, 2.45) is 5.73 Å². The lowest BCUT2D eigenvalue weighted by molar-refractivity contribution is 0.0688. The number of carbonyl (C=O) groups is 3. The summed E-state index contributed by atoms with van der Waals surface area (Å²) in [7, 11) is 0. The minimum absolute atomic E-state index is 0. The van der Waals surface area contributed by atoms with Gasteiger partial charge in [0.2, 0.25) is 5.43 Å². The van der Waals surface area contributed by atoms with Crippen LogP contribution in [0.15, 0.2) is 89.9 Å². The predicted molar refractivity (Wildman–Crippen MR) is 218 cm³/mol. The number of nitrogens with zero attached hydrogens (tertiary/aromatic N) is 2. The highest BCUT2D eigenvalue weighted by Gasteiger charge is 2.35. The Labute approximate surface area is 342 Å².